The molecule has 1 aromatic heterocycles. The molecule has 0 spiro atoms. The summed E-state index contributed by atoms with van der Waals surface area (Å²) >= 11 is 5.82. The highest BCUT2D eigenvalue weighted by molar-refractivity contribution is 6.30. The van der Waals surface area contributed by atoms with Crippen LogP contribution in [-0.2, 0) is 6.54 Å². The second-order valence-electron chi connectivity index (χ2n) is 5.41. The molecule has 0 unspecified atom stereocenters. The summed E-state index contributed by atoms with van der Waals surface area (Å²) in [4.78, 5) is 12.0. The highest BCUT2D eigenvalue weighted by atomic mass is 35.5. The molecule has 6 heteroatoms. The Morgan fingerprint density at radius 3 is 2.58 bits per heavy atom. The second-order valence-corrected chi connectivity index (χ2v) is 5.85. The molecule has 0 saturated heterocycles. The Labute approximate surface area is 145 Å². The zero-order valence-electron chi connectivity index (χ0n) is 13.2. The molecular formula is C18H17ClN4O. The minimum Gasteiger partial charge on any atom is -0.308 e. The number of amides is 2. The number of urea groups is 1. The van der Waals surface area contributed by atoms with Crippen LogP contribution in [0.3, 0.4) is 0 Å². The number of aryl methyl sites for hydroxylation is 1. The summed E-state index contributed by atoms with van der Waals surface area (Å²) in [5.74, 6) is 0.495. The Hall–Kier alpha value is -2.79. The van der Waals surface area contributed by atoms with Crippen molar-refractivity contribution in [3.8, 4) is 0 Å². The molecule has 3 rings (SSSR count). The van der Waals surface area contributed by atoms with Crippen LogP contribution in [0, 0.1) is 6.92 Å². The Morgan fingerprint density at radius 1 is 1.08 bits per heavy atom. The highest BCUT2D eigenvalue weighted by Crippen LogP contribution is 2.14. The molecule has 1 heterocycles. The van der Waals surface area contributed by atoms with E-state index in [9.17, 15) is 4.79 Å². The van der Waals surface area contributed by atoms with Gasteiger partial charge < -0.3 is 5.32 Å². The summed E-state index contributed by atoms with van der Waals surface area (Å²) in [6.45, 7) is 2.73. The minimum absolute atomic E-state index is 0.349. The lowest BCUT2D eigenvalue weighted by Gasteiger charge is -2.06. The SMILES string of the molecule is Cc1ccccc1Cn1ccc(NC(=O)Nc2ccc(Cl)cc2)n1. The van der Waals surface area contributed by atoms with Crippen molar-refractivity contribution in [1.82, 2.24) is 9.78 Å². The van der Waals surface area contributed by atoms with Crippen LogP contribution in [0.2, 0.25) is 5.02 Å². The van der Waals surface area contributed by atoms with Crippen LogP contribution in [0.25, 0.3) is 0 Å². The van der Waals surface area contributed by atoms with Gasteiger partial charge in [0.05, 0.1) is 6.54 Å². The first-order chi connectivity index (χ1) is 11.6. The highest BCUT2D eigenvalue weighted by Gasteiger charge is 2.06. The number of hydrogen-bond acceptors (Lipinski definition) is 2. The van der Waals surface area contributed by atoms with Crippen LogP contribution in [0.5, 0.6) is 0 Å². The van der Waals surface area contributed by atoms with Crippen molar-refractivity contribution in [2.24, 2.45) is 0 Å². The Morgan fingerprint density at radius 2 is 1.83 bits per heavy atom. The van der Waals surface area contributed by atoms with Crippen LogP contribution in [0.15, 0.2) is 60.8 Å². The topological polar surface area (TPSA) is 59.0 Å². The molecule has 0 aliphatic rings. The lowest BCUT2D eigenvalue weighted by Crippen LogP contribution is -2.19. The van der Waals surface area contributed by atoms with Gasteiger partial charge in [-0.2, -0.15) is 5.10 Å². The zero-order valence-corrected chi connectivity index (χ0v) is 13.9. The molecule has 0 aliphatic heterocycles. The van der Waals surface area contributed by atoms with Crippen molar-refractivity contribution in [3.63, 3.8) is 0 Å². The minimum atomic E-state index is -0.349. The first-order valence-corrected chi connectivity index (χ1v) is 7.89. The molecule has 0 atom stereocenters. The van der Waals surface area contributed by atoms with E-state index in [1.54, 1.807) is 35.0 Å². The van der Waals surface area contributed by atoms with Crippen molar-refractivity contribution >= 4 is 29.1 Å². The fourth-order valence-corrected chi connectivity index (χ4v) is 2.42. The monoisotopic (exact) mass is 340 g/mol. The standard InChI is InChI=1S/C18H17ClN4O/c1-13-4-2-3-5-14(13)12-23-11-10-17(22-23)21-18(24)20-16-8-6-15(19)7-9-16/h2-11H,12H2,1H3,(H2,20,21,22,24). The number of halogens is 1. The van der Waals surface area contributed by atoms with Gasteiger partial charge in [-0.1, -0.05) is 35.9 Å². The molecule has 0 fully saturated rings. The predicted octanol–water partition coefficient (Wildman–Crippen LogP) is 4.54. The van der Waals surface area contributed by atoms with Gasteiger partial charge in [-0.15, -0.1) is 0 Å². The molecule has 0 bridgehead atoms. The third kappa shape index (κ3) is 4.14. The van der Waals surface area contributed by atoms with Gasteiger partial charge in [-0.05, 0) is 42.3 Å². The van der Waals surface area contributed by atoms with E-state index < -0.39 is 0 Å². The maximum Gasteiger partial charge on any atom is 0.324 e. The molecule has 5 nitrogen and oxygen atoms in total. The quantitative estimate of drug-likeness (QED) is 0.732. The van der Waals surface area contributed by atoms with Crippen molar-refractivity contribution in [2.75, 3.05) is 10.6 Å². The molecule has 2 N–H and O–H groups in total. The summed E-state index contributed by atoms with van der Waals surface area (Å²) < 4.78 is 1.79. The van der Waals surface area contributed by atoms with Crippen molar-refractivity contribution in [1.29, 1.82) is 0 Å². The summed E-state index contributed by atoms with van der Waals surface area (Å²) in [5.41, 5.74) is 3.07. The maximum absolute atomic E-state index is 12.0. The number of carbonyl (C=O) groups excluding carboxylic acids is 1. The van der Waals surface area contributed by atoms with Crippen molar-refractivity contribution < 1.29 is 4.79 Å². The molecule has 3 aromatic rings. The van der Waals surface area contributed by atoms with Crippen molar-refractivity contribution in [3.05, 3.63) is 76.9 Å². The van der Waals surface area contributed by atoms with Crippen LogP contribution >= 0.6 is 11.6 Å². The Kier molecular flexibility index (Phi) is 4.82. The molecule has 122 valence electrons. The van der Waals surface area contributed by atoms with E-state index in [1.165, 1.54) is 11.1 Å². The summed E-state index contributed by atoms with van der Waals surface area (Å²) in [6.07, 6.45) is 1.84. The van der Waals surface area contributed by atoms with Crippen LogP contribution in [0.4, 0.5) is 16.3 Å². The third-order valence-electron chi connectivity index (χ3n) is 3.58. The van der Waals surface area contributed by atoms with Gasteiger partial charge >= 0.3 is 6.03 Å². The van der Waals surface area contributed by atoms with Gasteiger partial charge in [0, 0.05) is 23.0 Å². The number of nitrogens with one attached hydrogen (secondary N) is 2. The van der Waals surface area contributed by atoms with Gasteiger partial charge in [-0.3, -0.25) is 10.00 Å². The van der Waals surface area contributed by atoms with E-state index in [4.69, 9.17) is 11.6 Å². The predicted molar refractivity (Wildman–Crippen MR) is 96.6 cm³/mol. The number of aromatic nitrogens is 2. The number of nitrogens with zero attached hydrogens (tertiary/aromatic N) is 2. The fraction of sp³-hybridized carbons (Fsp3) is 0.111. The van der Waals surface area contributed by atoms with E-state index >= 15 is 0 Å². The lowest BCUT2D eigenvalue weighted by molar-refractivity contribution is 0.262. The molecule has 0 radical (unpaired) electrons. The second kappa shape index (κ2) is 7.19. The first kappa shape index (κ1) is 16.1. The molecule has 2 amide bonds. The maximum atomic E-state index is 12.0. The van der Waals surface area contributed by atoms with Gasteiger partial charge in [0.25, 0.3) is 0 Å². The third-order valence-corrected chi connectivity index (χ3v) is 3.83. The first-order valence-electron chi connectivity index (χ1n) is 7.52. The Balaban J connectivity index is 1.60. The Bertz CT molecular complexity index is 842. The molecule has 0 saturated carbocycles. The summed E-state index contributed by atoms with van der Waals surface area (Å²) in [5, 5.41) is 10.4. The van der Waals surface area contributed by atoms with Crippen LogP contribution in [-0.4, -0.2) is 15.8 Å². The number of benzene rings is 2. The zero-order chi connectivity index (χ0) is 16.9. The van der Waals surface area contributed by atoms with Gasteiger partial charge in [-0.25, -0.2) is 4.79 Å². The number of hydrogen-bond donors (Lipinski definition) is 2. The summed E-state index contributed by atoms with van der Waals surface area (Å²) in [6, 6.07) is 16.5. The molecule has 24 heavy (non-hydrogen) atoms. The lowest BCUT2D eigenvalue weighted by atomic mass is 10.1. The largest absolute Gasteiger partial charge is 0.324 e. The number of anilines is 2. The number of carbonyl (C=O) groups is 1. The smallest absolute Gasteiger partial charge is 0.308 e. The van der Waals surface area contributed by atoms with E-state index in [1.807, 2.05) is 18.3 Å². The van der Waals surface area contributed by atoms with E-state index in [-0.39, 0.29) is 6.03 Å². The fourth-order valence-electron chi connectivity index (χ4n) is 2.29. The average Bonchev–Trinajstić information content (AvgIpc) is 2.99. The van der Waals surface area contributed by atoms with Crippen LogP contribution in [0.1, 0.15) is 11.1 Å². The van der Waals surface area contributed by atoms with E-state index in [0.717, 1.165) is 0 Å². The number of rotatable bonds is 4. The van der Waals surface area contributed by atoms with Crippen molar-refractivity contribution in [2.45, 2.75) is 13.5 Å². The molecular weight excluding hydrogens is 324 g/mol. The van der Waals surface area contributed by atoms with Crippen LogP contribution < -0.4 is 10.6 Å². The molecule has 0 aliphatic carbocycles. The van der Waals surface area contributed by atoms with E-state index in [2.05, 4.69) is 34.8 Å². The summed E-state index contributed by atoms with van der Waals surface area (Å²) in [7, 11) is 0. The van der Waals surface area contributed by atoms with Gasteiger partial charge in [0.2, 0.25) is 0 Å². The average molecular weight is 341 g/mol. The molecule has 2 aromatic carbocycles. The normalized spacial score (nSPS) is 10.4. The van der Waals surface area contributed by atoms with Gasteiger partial charge in [0.1, 0.15) is 0 Å². The van der Waals surface area contributed by atoms with Gasteiger partial charge in [0.15, 0.2) is 5.82 Å². The van der Waals surface area contributed by atoms with E-state index in [0.29, 0.717) is 23.1 Å².